The molecule has 0 atom stereocenters. The highest BCUT2D eigenvalue weighted by Crippen LogP contribution is 2.27. The van der Waals surface area contributed by atoms with Crippen LogP contribution in [0.5, 0.6) is 23.0 Å². The van der Waals surface area contributed by atoms with Crippen LogP contribution in [0.4, 0.5) is 0 Å². The Labute approximate surface area is 315 Å². The molecule has 54 heavy (non-hydrogen) atoms. The van der Waals surface area contributed by atoms with Crippen molar-refractivity contribution >= 4 is 29.8 Å². The van der Waals surface area contributed by atoms with E-state index < -0.39 is 29.8 Å². The minimum absolute atomic E-state index is 0.00780. The van der Waals surface area contributed by atoms with Gasteiger partial charge in [-0.1, -0.05) is 19.1 Å². The molecule has 0 aliphatic rings. The maximum atomic E-state index is 13.0. The van der Waals surface area contributed by atoms with Gasteiger partial charge in [0.15, 0.2) is 0 Å². The second-order valence-corrected chi connectivity index (χ2v) is 11.5. The van der Waals surface area contributed by atoms with Crippen LogP contribution >= 0.6 is 0 Å². The summed E-state index contributed by atoms with van der Waals surface area (Å²) >= 11 is 0. The molecule has 0 aliphatic heterocycles. The number of carbonyl (C=O) groups is 5. The van der Waals surface area contributed by atoms with Crippen LogP contribution in [0, 0.1) is 12.0 Å². The van der Waals surface area contributed by atoms with Gasteiger partial charge in [0.25, 0.3) is 0 Å². The molecule has 0 N–H and O–H groups in total. The third-order valence-electron chi connectivity index (χ3n) is 7.45. The first-order valence-corrected chi connectivity index (χ1v) is 17.5. The van der Waals surface area contributed by atoms with Gasteiger partial charge >= 0.3 is 29.8 Å². The lowest BCUT2D eigenvalue weighted by Crippen LogP contribution is -2.13. The molecule has 0 saturated carbocycles. The first kappa shape index (κ1) is 42.1. The highest BCUT2D eigenvalue weighted by Gasteiger charge is 2.21. The van der Waals surface area contributed by atoms with Crippen LogP contribution in [0.3, 0.4) is 0 Å². The van der Waals surface area contributed by atoms with Gasteiger partial charge in [0.2, 0.25) is 0 Å². The first-order valence-electron chi connectivity index (χ1n) is 17.5. The largest absolute Gasteiger partial charge is 0.494 e. The molecule has 0 spiro atoms. The van der Waals surface area contributed by atoms with Gasteiger partial charge in [-0.25, -0.2) is 24.0 Å². The Balaban J connectivity index is 1.51. The summed E-state index contributed by atoms with van der Waals surface area (Å²) in [5.41, 5.74) is 0.261. The number of ether oxygens (including phenoxy) is 7. The molecule has 0 bridgehead atoms. The van der Waals surface area contributed by atoms with E-state index in [2.05, 4.69) is 25.2 Å². The fourth-order valence-electron chi connectivity index (χ4n) is 4.63. The number of hydrogen-bond acceptors (Lipinski definition) is 12. The Morgan fingerprint density at radius 1 is 0.556 bits per heavy atom. The number of rotatable bonds is 23. The molecule has 12 heteroatoms. The lowest BCUT2D eigenvalue weighted by atomic mass is 10.1. The van der Waals surface area contributed by atoms with Crippen molar-refractivity contribution < 1.29 is 57.1 Å². The molecule has 0 radical (unpaired) electrons. The van der Waals surface area contributed by atoms with Crippen LogP contribution in [0.1, 0.15) is 89.4 Å². The quantitative estimate of drug-likeness (QED) is 0.0235. The summed E-state index contributed by atoms with van der Waals surface area (Å²) in [4.78, 5) is 60.9. The van der Waals surface area contributed by atoms with E-state index >= 15 is 0 Å². The van der Waals surface area contributed by atoms with Crippen LogP contribution in [-0.4, -0.2) is 56.3 Å². The molecule has 3 rings (SSSR count). The topological polar surface area (TPSA) is 150 Å². The van der Waals surface area contributed by atoms with Crippen molar-refractivity contribution in [2.45, 2.75) is 58.3 Å². The van der Waals surface area contributed by atoms with Crippen LogP contribution in [0.25, 0.3) is 0 Å². The van der Waals surface area contributed by atoms with E-state index in [-0.39, 0.29) is 28.2 Å². The van der Waals surface area contributed by atoms with Crippen LogP contribution in [-0.2, 0) is 23.8 Å². The van der Waals surface area contributed by atoms with Gasteiger partial charge in [-0.3, -0.25) is 0 Å². The van der Waals surface area contributed by atoms with Crippen LogP contribution in [0.15, 0.2) is 92.0 Å². The van der Waals surface area contributed by atoms with Crippen molar-refractivity contribution in [3.05, 3.63) is 109 Å². The van der Waals surface area contributed by atoms with Gasteiger partial charge in [0.1, 0.15) is 34.7 Å². The molecule has 0 unspecified atom stereocenters. The Kier molecular flexibility index (Phi) is 18.7. The summed E-state index contributed by atoms with van der Waals surface area (Å²) in [5, 5.41) is 0. The monoisotopic (exact) mass is 740 g/mol. The molecule has 0 amide bonds. The second-order valence-electron chi connectivity index (χ2n) is 11.5. The summed E-state index contributed by atoms with van der Waals surface area (Å²) in [6.07, 6.45) is 11.2. The molecular formula is C42H44O12. The minimum Gasteiger partial charge on any atom is -0.494 e. The third kappa shape index (κ3) is 15.5. The summed E-state index contributed by atoms with van der Waals surface area (Å²) in [5.74, 6) is 0.280. The van der Waals surface area contributed by atoms with Gasteiger partial charge in [-0.15, -0.1) is 0 Å². The van der Waals surface area contributed by atoms with Gasteiger partial charge in [-0.2, -0.15) is 0 Å². The number of hydrogen-bond donors (Lipinski definition) is 0. The predicted octanol–water partition coefficient (Wildman–Crippen LogP) is 7.60. The van der Waals surface area contributed by atoms with Crippen molar-refractivity contribution in [3.63, 3.8) is 0 Å². The van der Waals surface area contributed by atoms with Gasteiger partial charge in [0, 0.05) is 19.1 Å². The zero-order valence-electron chi connectivity index (χ0n) is 30.3. The molecule has 0 aromatic heterocycles. The maximum Gasteiger partial charge on any atom is 0.356 e. The van der Waals surface area contributed by atoms with Crippen molar-refractivity contribution in [2.24, 2.45) is 0 Å². The normalized spacial score (nSPS) is 10.1. The summed E-state index contributed by atoms with van der Waals surface area (Å²) in [6.45, 7) is 9.86. The van der Waals surface area contributed by atoms with Gasteiger partial charge < -0.3 is 33.2 Å². The van der Waals surface area contributed by atoms with E-state index in [0.29, 0.717) is 37.9 Å². The summed E-state index contributed by atoms with van der Waals surface area (Å²) in [7, 11) is 0. The highest BCUT2D eigenvalue weighted by atomic mass is 16.6. The Hall–Kier alpha value is -6.35. The van der Waals surface area contributed by atoms with E-state index in [9.17, 15) is 24.0 Å². The molecule has 0 saturated heterocycles. The molecular weight excluding hydrogens is 696 g/mol. The van der Waals surface area contributed by atoms with Crippen LogP contribution < -0.4 is 18.9 Å². The number of unbranched alkanes of at least 4 members (excludes halogenated alkanes) is 6. The van der Waals surface area contributed by atoms with Crippen molar-refractivity contribution in [1.29, 1.82) is 0 Å². The van der Waals surface area contributed by atoms with E-state index in [1.54, 1.807) is 36.4 Å². The lowest BCUT2D eigenvalue weighted by Gasteiger charge is -2.12. The van der Waals surface area contributed by atoms with Crippen molar-refractivity contribution in [1.82, 2.24) is 0 Å². The second kappa shape index (κ2) is 24.0. The standard InChI is InChI=1S/C42H44O12/c1-4-25-52-42(47)36-30-35(53-40(45)31-15-19-33(20-16-31)48-26-11-7-9-13-28-50-38(43)5-2)23-24-37(36)54-41(46)32-17-21-34(22-18-32)49-27-12-8-10-14-29-51-39(44)6-3/h5-6,15-24,30H,2-3,7-14,26-29H2,1H3. The Bertz CT molecular complexity index is 1780. The van der Waals surface area contributed by atoms with E-state index in [4.69, 9.17) is 33.2 Å². The summed E-state index contributed by atoms with van der Waals surface area (Å²) in [6, 6.07) is 16.7. The summed E-state index contributed by atoms with van der Waals surface area (Å²) < 4.78 is 37.4. The van der Waals surface area contributed by atoms with E-state index in [1.165, 1.54) is 37.3 Å². The van der Waals surface area contributed by atoms with Gasteiger partial charge in [-0.05, 0) is 118 Å². The Morgan fingerprint density at radius 3 is 1.46 bits per heavy atom. The molecule has 284 valence electrons. The van der Waals surface area contributed by atoms with E-state index in [0.717, 1.165) is 63.5 Å². The van der Waals surface area contributed by atoms with Crippen LogP contribution in [0.2, 0.25) is 0 Å². The zero-order chi connectivity index (χ0) is 39.0. The molecule has 0 aliphatic carbocycles. The Morgan fingerprint density at radius 2 is 1.00 bits per heavy atom. The average molecular weight is 741 g/mol. The highest BCUT2D eigenvalue weighted by molar-refractivity contribution is 5.97. The molecule has 12 nitrogen and oxygen atoms in total. The third-order valence-corrected chi connectivity index (χ3v) is 7.45. The number of esters is 5. The lowest BCUT2D eigenvalue weighted by molar-refractivity contribution is -0.138. The minimum atomic E-state index is -0.913. The number of carbonyl (C=O) groups excluding carboxylic acids is 5. The predicted molar refractivity (Wildman–Crippen MR) is 198 cm³/mol. The first-order chi connectivity index (χ1) is 26.2. The average Bonchev–Trinajstić information content (AvgIpc) is 3.19. The molecule has 0 heterocycles. The van der Waals surface area contributed by atoms with Gasteiger partial charge in [0.05, 0.1) is 37.6 Å². The number of benzene rings is 3. The zero-order valence-corrected chi connectivity index (χ0v) is 30.3. The molecule has 0 fully saturated rings. The van der Waals surface area contributed by atoms with Crippen molar-refractivity contribution in [2.75, 3.05) is 26.4 Å². The van der Waals surface area contributed by atoms with Crippen molar-refractivity contribution in [3.8, 4) is 35.0 Å². The maximum absolute atomic E-state index is 13.0. The SMILES string of the molecule is C=CC(=O)OCCCCCCOc1ccc(C(=O)Oc2ccc(OC(=O)c3ccc(OCCCCCCOC(=O)C=C)cc3)c(C(=O)OC#CC)c2)cc1. The smallest absolute Gasteiger partial charge is 0.356 e. The fourth-order valence-corrected chi connectivity index (χ4v) is 4.63. The fraction of sp³-hybridized carbons (Fsp3) is 0.310. The van der Waals surface area contributed by atoms with E-state index in [1.807, 2.05) is 0 Å². The molecule has 3 aromatic rings. The molecule has 3 aromatic carbocycles.